The molecule has 0 saturated heterocycles. The van der Waals surface area contributed by atoms with Crippen LogP contribution in [-0.2, 0) is 16.1 Å². The lowest BCUT2D eigenvalue weighted by atomic mass is 10.0. The van der Waals surface area contributed by atoms with Gasteiger partial charge in [0, 0.05) is 5.69 Å². The molecule has 0 saturated carbocycles. The number of carbonyl (C=O) groups is 2. The summed E-state index contributed by atoms with van der Waals surface area (Å²) in [7, 11) is 0. The van der Waals surface area contributed by atoms with E-state index in [0.29, 0.717) is 16.8 Å². The van der Waals surface area contributed by atoms with Crippen LogP contribution in [0.1, 0.15) is 41.7 Å². The average Bonchev–Trinajstić information content (AvgIpc) is 3.01. The van der Waals surface area contributed by atoms with Crippen molar-refractivity contribution in [3.05, 3.63) is 100 Å². The predicted molar refractivity (Wildman–Crippen MR) is 135 cm³/mol. The maximum atomic E-state index is 13.6. The SMILES string of the molecule is Cc1ccc(CN2C(=O)C(Nc3ccc(C)cc3C)=C(c3ccc(OC(C)C)cc3)C2=O)cc1. The molecule has 1 aliphatic rings. The van der Waals surface area contributed by atoms with E-state index >= 15 is 0 Å². The number of rotatable bonds is 7. The zero-order chi connectivity index (χ0) is 24.4. The fourth-order valence-corrected chi connectivity index (χ4v) is 4.04. The van der Waals surface area contributed by atoms with Crippen molar-refractivity contribution in [3.63, 3.8) is 0 Å². The van der Waals surface area contributed by atoms with E-state index in [4.69, 9.17) is 4.74 Å². The molecule has 3 aromatic rings. The van der Waals surface area contributed by atoms with Crippen molar-refractivity contribution >= 4 is 23.1 Å². The molecule has 0 radical (unpaired) electrons. The molecule has 5 heteroatoms. The summed E-state index contributed by atoms with van der Waals surface area (Å²) in [6.07, 6.45) is 0.0477. The quantitative estimate of drug-likeness (QED) is 0.459. The summed E-state index contributed by atoms with van der Waals surface area (Å²) in [5.74, 6) is 0.0787. The van der Waals surface area contributed by atoms with Crippen molar-refractivity contribution in [2.24, 2.45) is 0 Å². The highest BCUT2D eigenvalue weighted by Crippen LogP contribution is 2.33. The number of aryl methyl sites for hydroxylation is 3. The minimum Gasteiger partial charge on any atom is -0.491 e. The van der Waals surface area contributed by atoms with E-state index in [2.05, 4.69) is 5.32 Å². The van der Waals surface area contributed by atoms with E-state index in [1.54, 1.807) is 0 Å². The molecule has 4 rings (SSSR count). The van der Waals surface area contributed by atoms with Crippen molar-refractivity contribution in [3.8, 4) is 5.75 Å². The first-order valence-corrected chi connectivity index (χ1v) is 11.5. The molecule has 5 nitrogen and oxygen atoms in total. The van der Waals surface area contributed by atoms with Gasteiger partial charge in [0.05, 0.1) is 18.2 Å². The maximum absolute atomic E-state index is 13.6. The Labute approximate surface area is 201 Å². The van der Waals surface area contributed by atoms with E-state index in [0.717, 1.165) is 33.7 Å². The second kappa shape index (κ2) is 9.56. The van der Waals surface area contributed by atoms with Crippen LogP contribution in [0.4, 0.5) is 5.69 Å². The molecule has 2 amide bonds. The first kappa shape index (κ1) is 23.3. The minimum atomic E-state index is -0.331. The Balaban J connectivity index is 1.73. The van der Waals surface area contributed by atoms with E-state index in [1.807, 2.05) is 101 Å². The summed E-state index contributed by atoms with van der Waals surface area (Å²) < 4.78 is 5.74. The molecule has 1 N–H and O–H groups in total. The number of hydrogen-bond donors (Lipinski definition) is 1. The lowest BCUT2D eigenvalue weighted by molar-refractivity contribution is -0.137. The zero-order valence-corrected chi connectivity index (χ0v) is 20.3. The highest BCUT2D eigenvalue weighted by molar-refractivity contribution is 6.36. The van der Waals surface area contributed by atoms with Crippen LogP contribution >= 0.6 is 0 Å². The van der Waals surface area contributed by atoms with Gasteiger partial charge in [0.25, 0.3) is 11.8 Å². The van der Waals surface area contributed by atoms with Crippen molar-refractivity contribution in [1.29, 1.82) is 0 Å². The average molecular weight is 455 g/mol. The third-order valence-corrected chi connectivity index (χ3v) is 5.79. The van der Waals surface area contributed by atoms with Crippen LogP contribution in [0.25, 0.3) is 5.57 Å². The molecule has 1 aliphatic heterocycles. The van der Waals surface area contributed by atoms with Gasteiger partial charge in [0.2, 0.25) is 0 Å². The van der Waals surface area contributed by atoms with Gasteiger partial charge < -0.3 is 10.1 Å². The third-order valence-electron chi connectivity index (χ3n) is 5.79. The van der Waals surface area contributed by atoms with Crippen LogP contribution < -0.4 is 10.1 Å². The van der Waals surface area contributed by atoms with E-state index in [1.165, 1.54) is 4.90 Å². The number of anilines is 1. The monoisotopic (exact) mass is 454 g/mol. The fraction of sp³-hybridized carbons (Fsp3) is 0.241. The van der Waals surface area contributed by atoms with Gasteiger partial charge in [-0.3, -0.25) is 14.5 Å². The molecule has 0 aliphatic carbocycles. The first-order valence-electron chi connectivity index (χ1n) is 11.5. The van der Waals surface area contributed by atoms with Gasteiger partial charge in [-0.15, -0.1) is 0 Å². The smallest absolute Gasteiger partial charge is 0.278 e. The summed E-state index contributed by atoms with van der Waals surface area (Å²) in [5.41, 5.74) is 6.30. The van der Waals surface area contributed by atoms with E-state index in [-0.39, 0.29) is 24.5 Å². The number of ether oxygens (including phenoxy) is 1. The van der Waals surface area contributed by atoms with Crippen LogP contribution in [0.5, 0.6) is 5.75 Å². The molecule has 0 unspecified atom stereocenters. The van der Waals surface area contributed by atoms with E-state index in [9.17, 15) is 9.59 Å². The summed E-state index contributed by atoms with van der Waals surface area (Å²) in [6, 6.07) is 21.2. The normalized spacial score (nSPS) is 13.8. The first-order chi connectivity index (χ1) is 16.2. The Hall–Kier alpha value is -3.86. The Bertz CT molecular complexity index is 1260. The van der Waals surface area contributed by atoms with Crippen LogP contribution in [0.3, 0.4) is 0 Å². The highest BCUT2D eigenvalue weighted by Gasteiger charge is 2.39. The molecule has 1 heterocycles. The molecule has 0 bridgehead atoms. The van der Waals surface area contributed by atoms with Gasteiger partial charge >= 0.3 is 0 Å². The molecular formula is C29H30N2O3. The van der Waals surface area contributed by atoms with Gasteiger partial charge in [0.15, 0.2) is 0 Å². The molecular weight excluding hydrogens is 424 g/mol. The number of hydrogen-bond acceptors (Lipinski definition) is 4. The van der Waals surface area contributed by atoms with Gasteiger partial charge in [-0.05, 0) is 69.5 Å². The zero-order valence-electron chi connectivity index (χ0n) is 20.3. The largest absolute Gasteiger partial charge is 0.491 e. The molecule has 0 fully saturated rings. The van der Waals surface area contributed by atoms with Crippen LogP contribution in [0.2, 0.25) is 0 Å². The van der Waals surface area contributed by atoms with Gasteiger partial charge in [-0.1, -0.05) is 59.7 Å². The summed E-state index contributed by atoms with van der Waals surface area (Å²) in [6.45, 7) is 10.2. The number of imide groups is 1. The Kier molecular flexibility index (Phi) is 6.55. The number of benzene rings is 3. The van der Waals surface area contributed by atoms with Crippen LogP contribution in [-0.4, -0.2) is 22.8 Å². The van der Waals surface area contributed by atoms with Crippen molar-refractivity contribution in [2.75, 3.05) is 5.32 Å². The van der Waals surface area contributed by atoms with Gasteiger partial charge in [0.1, 0.15) is 11.4 Å². The minimum absolute atomic E-state index is 0.0477. The lowest BCUT2D eigenvalue weighted by Crippen LogP contribution is -2.32. The summed E-state index contributed by atoms with van der Waals surface area (Å²) in [5, 5.41) is 3.27. The number of nitrogens with one attached hydrogen (secondary N) is 1. The van der Waals surface area contributed by atoms with Crippen molar-refractivity contribution in [2.45, 2.75) is 47.3 Å². The number of amides is 2. The number of nitrogens with zero attached hydrogens (tertiary/aromatic N) is 1. The van der Waals surface area contributed by atoms with Gasteiger partial charge in [-0.25, -0.2) is 0 Å². The van der Waals surface area contributed by atoms with Crippen molar-refractivity contribution in [1.82, 2.24) is 4.90 Å². The molecule has 174 valence electrons. The maximum Gasteiger partial charge on any atom is 0.278 e. The lowest BCUT2D eigenvalue weighted by Gasteiger charge is -2.16. The third kappa shape index (κ3) is 4.88. The molecule has 0 aromatic heterocycles. The second-order valence-corrected chi connectivity index (χ2v) is 9.07. The number of carbonyl (C=O) groups excluding carboxylic acids is 2. The topological polar surface area (TPSA) is 58.6 Å². The highest BCUT2D eigenvalue weighted by atomic mass is 16.5. The summed E-state index contributed by atoms with van der Waals surface area (Å²) in [4.78, 5) is 28.4. The Morgan fingerprint density at radius 1 is 0.824 bits per heavy atom. The second-order valence-electron chi connectivity index (χ2n) is 9.07. The Morgan fingerprint density at radius 3 is 2.09 bits per heavy atom. The van der Waals surface area contributed by atoms with Gasteiger partial charge in [-0.2, -0.15) is 0 Å². The van der Waals surface area contributed by atoms with Crippen molar-refractivity contribution < 1.29 is 14.3 Å². The Morgan fingerprint density at radius 2 is 1.47 bits per heavy atom. The van der Waals surface area contributed by atoms with E-state index < -0.39 is 0 Å². The van der Waals surface area contributed by atoms with Crippen LogP contribution in [0, 0.1) is 20.8 Å². The van der Waals surface area contributed by atoms with Crippen LogP contribution in [0.15, 0.2) is 72.4 Å². The predicted octanol–water partition coefficient (Wildman–Crippen LogP) is 5.79. The standard InChI is InChI=1S/C29H30N2O3/c1-18(2)34-24-13-11-23(12-14-24)26-27(30-25-15-8-20(4)16-21(25)5)29(33)31(28(26)32)17-22-9-6-19(3)7-10-22/h6-16,18,30H,17H2,1-5H3. The summed E-state index contributed by atoms with van der Waals surface area (Å²) >= 11 is 0. The molecule has 0 atom stereocenters. The molecule has 34 heavy (non-hydrogen) atoms. The molecule has 0 spiro atoms. The molecule has 3 aromatic carbocycles. The fourth-order valence-electron chi connectivity index (χ4n) is 4.04.